The van der Waals surface area contributed by atoms with Gasteiger partial charge in [0.05, 0.1) is 5.88 Å². The van der Waals surface area contributed by atoms with Crippen LogP contribution in [0.2, 0.25) is 5.15 Å². The van der Waals surface area contributed by atoms with Gasteiger partial charge in [-0.25, -0.2) is 8.78 Å². The maximum Gasteiger partial charge on any atom is 0.264 e. The van der Waals surface area contributed by atoms with Gasteiger partial charge in [0.2, 0.25) is 5.56 Å². The zero-order valence-electron chi connectivity index (χ0n) is 6.28. The third kappa shape index (κ3) is 2.19. The van der Waals surface area contributed by atoms with E-state index in [1.807, 2.05) is 0 Å². The minimum absolute atomic E-state index is 0.0675. The molecule has 0 saturated heterocycles. The second-order valence-electron chi connectivity index (χ2n) is 2.32. The van der Waals surface area contributed by atoms with Crippen molar-refractivity contribution in [2.75, 3.05) is 0 Å². The van der Waals surface area contributed by atoms with Gasteiger partial charge in [0, 0.05) is 17.2 Å². The van der Waals surface area contributed by atoms with Crippen LogP contribution in [-0.4, -0.2) is 4.98 Å². The van der Waals surface area contributed by atoms with Crippen molar-refractivity contribution >= 4 is 23.2 Å². The Morgan fingerprint density at radius 2 is 2.15 bits per heavy atom. The number of hydrogen-bond donors (Lipinski definition) is 1. The molecule has 0 bridgehead atoms. The van der Waals surface area contributed by atoms with Crippen molar-refractivity contribution in [1.29, 1.82) is 0 Å². The van der Waals surface area contributed by atoms with Crippen LogP contribution in [0.1, 0.15) is 17.6 Å². The molecule has 0 atom stereocenters. The van der Waals surface area contributed by atoms with E-state index in [1.165, 1.54) is 0 Å². The summed E-state index contributed by atoms with van der Waals surface area (Å²) >= 11 is 10.9. The first kappa shape index (κ1) is 10.5. The average Bonchev–Trinajstić information content (AvgIpc) is 2.02. The standard InChI is InChI=1S/C7H5Cl2F2NO/c8-2-4-3(7(10)11)1-5(13)12-6(4)9/h1,7H,2H2,(H,12,13). The van der Waals surface area contributed by atoms with E-state index in [4.69, 9.17) is 23.2 Å². The smallest absolute Gasteiger partial charge is 0.264 e. The van der Waals surface area contributed by atoms with Crippen LogP contribution in [0.15, 0.2) is 10.9 Å². The zero-order valence-corrected chi connectivity index (χ0v) is 7.79. The molecule has 0 fully saturated rings. The summed E-state index contributed by atoms with van der Waals surface area (Å²) in [6, 6.07) is 0.800. The van der Waals surface area contributed by atoms with E-state index >= 15 is 0 Å². The predicted octanol–water partition coefficient (Wildman–Crippen LogP) is 2.70. The van der Waals surface area contributed by atoms with Crippen LogP contribution in [0.5, 0.6) is 0 Å². The Kier molecular flexibility index (Phi) is 3.27. The van der Waals surface area contributed by atoms with E-state index < -0.39 is 17.5 Å². The topological polar surface area (TPSA) is 32.9 Å². The molecule has 0 aliphatic rings. The molecule has 0 saturated carbocycles. The zero-order chi connectivity index (χ0) is 10.0. The first-order valence-electron chi connectivity index (χ1n) is 3.32. The highest BCUT2D eigenvalue weighted by atomic mass is 35.5. The third-order valence-corrected chi connectivity index (χ3v) is 2.09. The lowest BCUT2D eigenvalue weighted by molar-refractivity contribution is 0.150. The van der Waals surface area contributed by atoms with Gasteiger partial charge < -0.3 is 4.98 Å². The molecule has 0 aromatic carbocycles. The number of H-pyrrole nitrogens is 1. The van der Waals surface area contributed by atoms with Gasteiger partial charge in [0.15, 0.2) is 0 Å². The SMILES string of the molecule is O=c1cc(C(F)F)c(CCl)c(Cl)[nH]1. The highest BCUT2D eigenvalue weighted by Crippen LogP contribution is 2.26. The molecule has 1 N–H and O–H groups in total. The van der Waals surface area contributed by atoms with Crippen molar-refractivity contribution in [3.8, 4) is 0 Å². The Labute approximate surface area is 82.5 Å². The molecule has 0 unspecified atom stereocenters. The molecule has 0 aliphatic carbocycles. The molecular formula is C7H5Cl2F2NO. The van der Waals surface area contributed by atoms with Crippen LogP contribution < -0.4 is 5.56 Å². The maximum atomic E-state index is 12.3. The van der Waals surface area contributed by atoms with Crippen LogP contribution in [-0.2, 0) is 5.88 Å². The molecule has 6 heteroatoms. The predicted molar refractivity (Wildman–Crippen MR) is 46.6 cm³/mol. The van der Waals surface area contributed by atoms with E-state index in [-0.39, 0.29) is 16.6 Å². The van der Waals surface area contributed by atoms with Crippen molar-refractivity contribution < 1.29 is 8.78 Å². The normalized spacial score (nSPS) is 10.8. The molecule has 1 aromatic heterocycles. The molecule has 1 aromatic rings. The van der Waals surface area contributed by atoms with Crippen molar-refractivity contribution in [1.82, 2.24) is 4.98 Å². The molecule has 1 heterocycles. The van der Waals surface area contributed by atoms with Crippen molar-refractivity contribution in [3.05, 3.63) is 32.7 Å². The molecule has 13 heavy (non-hydrogen) atoms. The van der Waals surface area contributed by atoms with Gasteiger partial charge in [-0.2, -0.15) is 0 Å². The van der Waals surface area contributed by atoms with Crippen LogP contribution in [0.25, 0.3) is 0 Å². The van der Waals surface area contributed by atoms with Crippen molar-refractivity contribution in [2.24, 2.45) is 0 Å². The molecular weight excluding hydrogens is 223 g/mol. The van der Waals surface area contributed by atoms with E-state index in [9.17, 15) is 13.6 Å². The number of pyridine rings is 1. The van der Waals surface area contributed by atoms with E-state index in [0.717, 1.165) is 6.07 Å². The van der Waals surface area contributed by atoms with Gasteiger partial charge in [-0.3, -0.25) is 4.79 Å². The molecule has 0 radical (unpaired) electrons. The quantitative estimate of drug-likeness (QED) is 0.612. The number of aromatic amines is 1. The molecule has 0 aliphatic heterocycles. The minimum atomic E-state index is -2.74. The van der Waals surface area contributed by atoms with Crippen LogP contribution in [0, 0.1) is 0 Å². The molecule has 2 nitrogen and oxygen atoms in total. The van der Waals surface area contributed by atoms with Crippen LogP contribution >= 0.6 is 23.2 Å². The highest BCUT2D eigenvalue weighted by Gasteiger charge is 2.16. The number of alkyl halides is 3. The van der Waals surface area contributed by atoms with Gasteiger partial charge in [0.25, 0.3) is 6.43 Å². The Morgan fingerprint density at radius 3 is 2.62 bits per heavy atom. The lowest BCUT2D eigenvalue weighted by Crippen LogP contribution is -2.09. The van der Waals surface area contributed by atoms with E-state index in [1.54, 1.807) is 0 Å². The molecule has 0 amide bonds. The van der Waals surface area contributed by atoms with Crippen molar-refractivity contribution in [2.45, 2.75) is 12.3 Å². The van der Waals surface area contributed by atoms with Gasteiger partial charge in [-0.15, -0.1) is 11.6 Å². The van der Waals surface area contributed by atoms with E-state index in [0.29, 0.717) is 0 Å². The van der Waals surface area contributed by atoms with Crippen molar-refractivity contribution in [3.63, 3.8) is 0 Å². The Morgan fingerprint density at radius 1 is 1.54 bits per heavy atom. The summed E-state index contributed by atoms with van der Waals surface area (Å²) in [5.74, 6) is -0.157. The minimum Gasteiger partial charge on any atom is -0.313 e. The summed E-state index contributed by atoms with van der Waals surface area (Å²) < 4.78 is 24.6. The lowest BCUT2D eigenvalue weighted by atomic mass is 10.2. The summed E-state index contributed by atoms with van der Waals surface area (Å²) in [6.45, 7) is 0. The number of hydrogen-bond acceptors (Lipinski definition) is 1. The average molecular weight is 228 g/mol. The summed E-state index contributed by atoms with van der Waals surface area (Å²) in [4.78, 5) is 12.9. The summed E-state index contributed by atoms with van der Waals surface area (Å²) in [7, 11) is 0. The highest BCUT2D eigenvalue weighted by molar-refractivity contribution is 6.31. The largest absolute Gasteiger partial charge is 0.313 e. The Balaban J connectivity index is 3.38. The second kappa shape index (κ2) is 4.07. The molecule has 0 spiro atoms. The fraction of sp³-hybridized carbons (Fsp3) is 0.286. The summed E-state index contributed by atoms with van der Waals surface area (Å²) in [5.41, 5.74) is -1.00. The van der Waals surface area contributed by atoms with Crippen LogP contribution in [0.3, 0.4) is 0 Å². The second-order valence-corrected chi connectivity index (χ2v) is 2.96. The Bertz CT molecular complexity index is 364. The monoisotopic (exact) mass is 227 g/mol. The summed E-state index contributed by atoms with van der Waals surface area (Å²) in [6.07, 6.45) is -2.74. The maximum absolute atomic E-state index is 12.3. The first-order chi connectivity index (χ1) is 6.06. The fourth-order valence-corrected chi connectivity index (χ4v) is 1.53. The lowest BCUT2D eigenvalue weighted by Gasteiger charge is -2.06. The number of halogens is 4. The Hall–Kier alpha value is -0.610. The third-order valence-electron chi connectivity index (χ3n) is 1.50. The fourth-order valence-electron chi connectivity index (χ4n) is 0.905. The van der Waals surface area contributed by atoms with Gasteiger partial charge >= 0.3 is 0 Å². The van der Waals surface area contributed by atoms with Gasteiger partial charge in [0.1, 0.15) is 5.15 Å². The molecule has 72 valence electrons. The molecule has 1 rings (SSSR count). The number of nitrogens with one attached hydrogen (secondary N) is 1. The van der Waals surface area contributed by atoms with Gasteiger partial charge in [-0.1, -0.05) is 11.6 Å². The number of rotatable bonds is 2. The van der Waals surface area contributed by atoms with Crippen LogP contribution in [0.4, 0.5) is 8.78 Å². The number of aromatic nitrogens is 1. The van der Waals surface area contributed by atoms with E-state index in [2.05, 4.69) is 4.98 Å². The van der Waals surface area contributed by atoms with Gasteiger partial charge in [-0.05, 0) is 0 Å². The first-order valence-corrected chi connectivity index (χ1v) is 4.23. The summed E-state index contributed by atoms with van der Waals surface area (Å²) in [5, 5.41) is -0.127.